The third-order valence-electron chi connectivity index (χ3n) is 6.45. The van der Waals surface area contributed by atoms with E-state index in [-0.39, 0.29) is 36.2 Å². The molecule has 0 fully saturated rings. The minimum Gasteiger partial charge on any atom is -0.478 e. The van der Waals surface area contributed by atoms with Crippen LogP contribution in [0.2, 0.25) is 0 Å². The van der Waals surface area contributed by atoms with E-state index in [0.29, 0.717) is 24.1 Å². The monoisotopic (exact) mass is 509 g/mol. The molecule has 37 heavy (non-hydrogen) atoms. The highest BCUT2D eigenvalue weighted by atomic mass is 19.1. The van der Waals surface area contributed by atoms with Crippen molar-refractivity contribution in [3.8, 4) is 11.1 Å². The second-order valence-electron chi connectivity index (χ2n) is 10.1. The van der Waals surface area contributed by atoms with Crippen molar-refractivity contribution in [2.24, 2.45) is 0 Å². The lowest BCUT2D eigenvalue weighted by Crippen LogP contribution is -2.46. The van der Waals surface area contributed by atoms with Gasteiger partial charge in [0.1, 0.15) is 5.82 Å². The summed E-state index contributed by atoms with van der Waals surface area (Å²) in [5.41, 5.74) is 4.08. The van der Waals surface area contributed by atoms with Crippen molar-refractivity contribution in [3.63, 3.8) is 0 Å². The van der Waals surface area contributed by atoms with Crippen LogP contribution < -0.4 is 5.32 Å². The average Bonchev–Trinajstić information content (AvgIpc) is 2.87. The van der Waals surface area contributed by atoms with Gasteiger partial charge in [-0.15, -0.1) is 0 Å². The maximum absolute atomic E-state index is 13.9. The van der Waals surface area contributed by atoms with E-state index in [1.54, 1.807) is 31.2 Å². The molecule has 0 saturated heterocycles. The molecule has 0 aliphatic rings. The van der Waals surface area contributed by atoms with E-state index in [9.17, 15) is 24.5 Å². The molecule has 4 N–H and O–H groups in total. The van der Waals surface area contributed by atoms with Gasteiger partial charge in [-0.25, -0.2) is 9.18 Å². The highest BCUT2D eigenvalue weighted by molar-refractivity contribution is 5.90. The molecule has 3 rings (SSSR count). The number of carboxylic acid groups (broad SMARTS) is 1. The van der Waals surface area contributed by atoms with Gasteiger partial charge in [0.25, 0.3) is 0 Å². The van der Waals surface area contributed by atoms with E-state index in [2.05, 4.69) is 5.32 Å². The first-order valence-corrected chi connectivity index (χ1v) is 12.4. The van der Waals surface area contributed by atoms with Gasteiger partial charge in [0.2, 0.25) is 0 Å². The molecule has 0 spiro atoms. The van der Waals surface area contributed by atoms with Crippen LogP contribution in [-0.2, 0) is 17.8 Å². The largest absolute Gasteiger partial charge is 0.478 e. The number of rotatable bonds is 12. The van der Waals surface area contributed by atoms with Gasteiger partial charge in [0, 0.05) is 12.1 Å². The SMILES string of the molecule is Cc1ccc(CC(C)(C)NC[C@@H](O)CO[C@H](C)c2ccccc2-c2ccc(C(=O)O)c(CO)c2)cc1F. The molecule has 0 aromatic heterocycles. The number of hydrogen-bond acceptors (Lipinski definition) is 5. The van der Waals surface area contributed by atoms with Crippen LogP contribution in [0.1, 0.15) is 59.5 Å². The molecule has 0 aliphatic heterocycles. The number of β-amino-alcohol motifs (C(OH)–C–C–N with tert-alkyl or cyclic N) is 1. The second-order valence-corrected chi connectivity index (χ2v) is 10.1. The summed E-state index contributed by atoms with van der Waals surface area (Å²) < 4.78 is 19.9. The highest BCUT2D eigenvalue weighted by Gasteiger charge is 2.21. The predicted octanol–water partition coefficient (Wildman–Crippen LogP) is 5.04. The zero-order valence-electron chi connectivity index (χ0n) is 21.8. The molecule has 0 aliphatic carbocycles. The van der Waals surface area contributed by atoms with Gasteiger partial charge < -0.3 is 25.4 Å². The Kier molecular flexibility index (Phi) is 9.56. The number of aromatic carboxylic acids is 1. The number of nitrogens with one attached hydrogen (secondary N) is 1. The molecule has 2 atom stereocenters. The van der Waals surface area contributed by atoms with E-state index >= 15 is 0 Å². The molecular formula is C30H36FNO5. The standard InChI is InChI=1S/C30H36FNO5/c1-19-9-10-21(13-28(19)31)15-30(3,4)32-16-24(34)18-37-20(2)25-7-5-6-8-26(25)22-11-12-27(29(35)36)23(14-22)17-33/h5-14,20,24,32-34H,15-18H2,1-4H3,(H,35,36)/t20-,24-/m1/s1. The van der Waals surface area contributed by atoms with Crippen LogP contribution in [0.3, 0.4) is 0 Å². The normalized spacial score (nSPS) is 13.4. The molecule has 198 valence electrons. The Balaban J connectivity index is 1.61. The molecule has 0 unspecified atom stereocenters. The fourth-order valence-electron chi connectivity index (χ4n) is 4.33. The fourth-order valence-corrected chi connectivity index (χ4v) is 4.33. The Morgan fingerprint density at radius 3 is 2.51 bits per heavy atom. The summed E-state index contributed by atoms with van der Waals surface area (Å²) in [5, 5.41) is 32.9. The third kappa shape index (κ3) is 7.69. The lowest BCUT2D eigenvalue weighted by molar-refractivity contribution is -0.00397. The van der Waals surface area contributed by atoms with Crippen LogP contribution >= 0.6 is 0 Å². The zero-order valence-corrected chi connectivity index (χ0v) is 21.8. The Labute approximate surface area is 217 Å². The minimum absolute atomic E-state index is 0.0686. The number of benzene rings is 3. The Morgan fingerprint density at radius 1 is 1.11 bits per heavy atom. The predicted molar refractivity (Wildman–Crippen MR) is 142 cm³/mol. The molecule has 3 aromatic rings. The van der Waals surface area contributed by atoms with E-state index < -0.39 is 12.1 Å². The van der Waals surface area contributed by atoms with Gasteiger partial charge in [0.15, 0.2) is 0 Å². The van der Waals surface area contributed by atoms with Crippen molar-refractivity contribution >= 4 is 5.97 Å². The van der Waals surface area contributed by atoms with Gasteiger partial charge in [-0.1, -0.05) is 42.5 Å². The Bertz CT molecular complexity index is 1230. The van der Waals surface area contributed by atoms with Crippen LogP contribution in [-0.4, -0.2) is 46.1 Å². The highest BCUT2D eigenvalue weighted by Crippen LogP contribution is 2.31. The topological polar surface area (TPSA) is 99.0 Å². The average molecular weight is 510 g/mol. The van der Waals surface area contributed by atoms with Gasteiger partial charge in [-0.3, -0.25) is 0 Å². The summed E-state index contributed by atoms with van der Waals surface area (Å²) in [7, 11) is 0. The van der Waals surface area contributed by atoms with Crippen LogP contribution in [0.5, 0.6) is 0 Å². The van der Waals surface area contributed by atoms with Crippen molar-refractivity contribution in [2.45, 2.75) is 58.5 Å². The first kappa shape index (κ1) is 28.5. The Hall–Kier alpha value is -3.10. The van der Waals surface area contributed by atoms with Gasteiger partial charge in [0.05, 0.1) is 31.0 Å². The van der Waals surface area contributed by atoms with E-state index in [4.69, 9.17) is 4.74 Å². The summed E-state index contributed by atoms with van der Waals surface area (Å²) in [5.74, 6) is -1.31. The van der Waals surface area contributed by atoms with Crippen molar-refractivity contribution in [3.05, 3.63) is 94.3 Å². The van der Waals surface area contributed by atoms with Gasteiger partial charge in [-0.2, -0.15) is 0 Å². The molecule has 0 radical (unpaired) electrons. The molecule has 3 aromatic carbocycles. The number of carbonyl (C=O) groups is 1. The number of aryl methyl sites for hydroxylation is 1. The molecule has 0 amide bonds. The van der Waals surface area contributed by atoms with Crippen LogP contribution in [0, 0.1) is 12.7 Å². The first-order valence-electron chi connectivity index (χ1n) is 12.4. The van der Waals surface area contributed by atoms with Crippen LogP contribution in [0.4, 0.5) is 4.39 Å². The number of aliphatic hydroxyl groups excluding tert-OH is 2. The van der Waals surface area contributed by atoms with E-state index in [0.717, 1.165) is 22.3 Å². The van der Waals surface area contributed by atoms with Crippen molar-refractivity contribution < 1.29 is 29.2 Å². The number of hydrogen-bond donors (Lipinski definition) is 4. The molecule has 6 nitrogen and oxygen atoms in total. The van der Waals surface area contributed by atoms with Gasteiger partial charge in [-0.05, 0) is 85.7 Å². The van der Waals surface area contributed by atoms with Crippen LogP contribution in [0.15, 0.2) is 60.7 Å². The summed E-state index contributed by atoms with van der Waals surface area (Å²) in [6.45, 7) is 7.69. The zero-order chi connectivity index (χ0) is 27.2. The molecule has 0 saturated carbocycles. The quantitative estimate of drug-likeness (QED) is 0.273. The number of halogens is 1. The maximum atomic E-state index is 13.9. The number of carboxylic acids is 1. The van der Waals surface area contributed by atoms with Crippen LogP contribution in [0.25, 0.3) is 11.1 Å². The van der Waals surface area contributed by atoms with Gasteiger partial charge >= 0.3 is 5.97 Å². The first-order chi connectivity index (χ1) is 17.5. The summed E-state index contributed by atoms with van der Waals surface area (Å²) in [6, 6.07) is 17.8. The van der Waals surface area contributed by atoms with Crippen molar-refractivity contribution in [1.82, 2.24) is 5.32 Å². The second kappa shape index (κ2) is 12.4. The smallest absolute Gasteiger partial charge is 0.336 e. The number of ether oxygens (including phenoxy) is 1. The lowest BCUT2D eigenvalue weighted by atomic mass is 9.94. The minimum atomic E-state index is -1.09. The number of aliphatic hydroxyl groups is 2. The Morgan fingerprint density at radius 2 is 1.84 bits per heavy atom. The van der Waals surface area contributed by atoms with Crippen molar-refractivity contribution in [1.29, 1.82) is 0 Å². The van der Waals surface area contributed by atoms with E-state index in [1.165, 1.54) is 6.07 Å². The van der Waals surface area contributed by atoms with E-state index in [1.807, 2.05) is 51.1 Å². The molecule has 7 heteroatoms. The molecule has 0 bridgehead atoms. The fraction of sp³-hybridized carbons (Fsp3) is 0.367. The summed E-state index contributed by atoms with van der Waals surface area (Å²) >= 11 is 0. The lowest BCUT2D eigenvalue weighted by Gasteiger charge is -2.28. The maximum Gasteiger partial charge on any atom is 0.336 e. The van der Waals surface area contributed by atoms with Crippen molar-refractivity contribution in [2.75, 3.05) is 13.2 Å². The summed E-state index contributed by atoms with van der Waals surface area (Å²) in [4.78, 5) is 11.4. The summed E-state index contributed by atoms with van der Waals surface area (Å²) in [6.07, 6.45) is -0.483. The third-order valence-corrected chi connectivity index (χ3v) is 6.45. The molecule has 0 heterocycles. The molecular weight excluding hydrogens is 473 g/mol.